The summed E-state index contributed by atoms with van der Waals surface area (Å²) in [4.78, 5) is 0. The number of aryl methyl sites for hydroxylation is 1. The smallest absolute Gasteiger partial charge is 0.230 e. The van der Waals surface area contributed by atoms with Crippen LogP contribution in [0, 0.1) is 6.92 Å². The first kappa shape index (κ1) is 13.5. The Morgan fingerprint density at radius 3 is 2.44 bits per heavy atom. The molecule has 0 bridgehead atoms. The summed E-state index contributed by atoms with van der Waals surface area (Å²) in [5.74, 6) is 1.29. The number of hydrogen-bond acceptors (Lipinski definition) is 5. The van der Waals surface area contributed by atoms with Gasteiger partial charge in [0.25, 0.3) is 0 Å². The summed E-state index contributed by atoms with van der Waals surface area (Å²) >= 11 is 1.93. The maximum atomic E-state index is 5.31. The molecule has 0 amide bonds. The molecule has 0 unspecified atom stereocenters. The lowest BCUT2D eigenvalue weighted by Crippen LogP contribution is -2.36. The Labute approximate surface area is 102 Å². The number of nitrogens with one attached hydrogen (secondary N) is 1. The van der Waals surface area contributed by atoms with Gasteiger partial charge in [-0.3, -0.25) is 0 Å². The third-order valence-electron chi connectivity index (χ3n) is 3.01. The molecule has 92 valence electrons. The van der Waals surface area contributed by atoms with Gasteiger partial charge >= 0.3 is 0 Å². The molecule has 1 aromatic rings. The van der Waals surface area contributed by atoms with E-state index in [0.717, 1.165) is 6.54 Å². The first-order valence-electron chi connectivity index (χ1n) is 5.70. The number of nitrogens with zero attached hydrogens (tertiary/aromatic N) is 2. The molecule has 5 heteroatoms. The van der Waals surface area contributed by atoms with Crippen molar-refractivity contribution in [1.82, 2.24) is 15.5 Å². The van der Waals surface area contributed by atoms with E-state index < -0.39 is 0 Å². The number of aromatic nitrogens is 2. The minimum absolute atomic E-state index is 0.328. The molecule has 0 aliphatic heterocycles. The topological polar surface area (TPSA) is 51.0 Å². The van der Waals surface area contributed by atoms with E-state index in [1.165, 1.54) is 12.8 Å². The zero-order chi connectivity index (χ0) is 12.0. The lowest BCUT2D eigenvalue weighted by Gasteiger charge is -2.29. The highest BCUT2D eigenvalue weighted by Gasteiger charge is 2.24. The number of thioether (sulfide) groups is 1. The minimum Gasteiger partial charge on any atom is -0.424 e. The fourth-order valence-corrected chi connectivity index (χ4v) is 2.49. The fourth-order valence-electron chi connectivity index (χ4n) is 1.67. The fraction of sp³-hybridized carbons (Fsp3) is 0.818. The van der Waals surface area contributed by atoms with E-state index in [9.17, 15) is 0 Å². The van der Waals surface area contributed by atoms with Gasteiger partial charge in [-0.25, -0.2) is 0 Å². The van der Waals surface area contributed by atoms with Gasteiger partial charge in [0.05, 0.1) is 6.54 Å². The summed E-state index contributed by atoms with van der Waals surface area (Å²) in [6.07, 6.45) is 4.51. The molecule has 1 heterocycles. The summed E-state index contributed by atoms with van der Waals surface area (Å²) in [5.41, 5.74) is 0. The summed E-state index contributed by atoms with van der Waals surface area (Å²) in [7, 11) is 0. The van der Waals surface area contributed by atoms with Crippen LogP contribution in [0.2, 0.25) is 0 Å². The summed E-state index contributed by atoms with van der Waals surface area (Å²) in [5, 5.41) is 11.1. The van der Waals surface area contributed by atoms with Gasteiger partial charge in [0.1, 0.15) is 0 Å². The number of rotatable bonds is 7. The van der Waals surface area contributed by atoms with E-state index in [4.69, 9.17) is 4.42 Å². The molecule has 0 saturated heterocycles. The Morgan fingerprint density at radius 1 is 1.31 bits per heavy atom. The average Bonchev–Trinajstić information content (AvgIpc) is 2.71. The van der Waals surface area contributed by atoms with E-state index in [2.05, 4.69) is 35.6 Å². The molecular weight excluding hydrogens is 222 g/mol. The second-order valence-electron chi connectivity index (χ2n) is 3.91. The summed E-state index contributed by atoms with van der Waals surface area (Å²) in [6, 6.07) is 0. The van der Waals surface area contributed by atoms with Crippen LogP contribution in [-0.2, 0) is 6.54 Å². The minimum atomic E-state index is 0.328. The van der Waals surface area contributed by atoms with Gasteiger partial charge in [-0.05, 0) is 19.1 Å². The lowest BCUT2D eigenvalue weighted by molar-refractivity contribution is 0.426. The number of hydrogen-bond donors (Lipinski definition) is 1. The molecule has 0 aliphatic carbocycles. The maximum Gasteiger partial charge on any atom is 0.230 e. The van der Waals surface area contributed by atoms with Gasteiger partial charge in [0, 0.05) is 18.2 Å². The molecule has 1 rings (SSSR count). The predicted octanol–water partition coefficient (Wildman–Crippen LogP) is 2.39. The van der Waals surface area contributed by atoms with E-state index in [-0.39, 0.29) is 0 Å². The van der Waals surface area contributed by atoms with E-state index in [0.29, 0.717) is 23.1 Å². The highest BCUT2D eigenvalue weighted by atomic mass is 32.2. The largest absolute Gasteiger partial charge is 0.424 e. The Kier molecular flexibility index (Phi) is 5.28. The monoisotopic (exact) mass is 243 g/mol. The van der Waals surface area contributed by atoms with Crippen LogP contribution in [0.3, 0.4) is 0 Å². The summed E-state index contributed by atoms with van der Waals surface area (Å²) in [6.45, 7) is 7.91. The van der Waals surface area contributed by atoms with Crippen molar-refractivity contribution in [2.75, 3.05) is 12.8 Å². The quantitative estimate of drug-likeness (QED) is 0.797. The maximum absolute atomic E-state index is 5.31. The first-order valence-corrected chi connectivity index (χ1v) is 6.93. The van der Waals surface area contributed by atoms with Crippen LogP contribution in [-0.4, -0.2) is 27.7 Å². The van der Waals surface area contributed by atoms with E-state index >= 15 is 0 Å². The van der Waals surface area contributed by atoms with E-state index in [1.807, 2.05) is 11.8 Å². The van der Waals surface area contributed by atoms with Gasteiger partial charge in [-0.2, -0.15) is 11.8 Å². The molecule has 0 aliphatic rings. The van der Waals surface area contributed by atoms with Crippen LogP contribution >= 0.6 is 11.8 Å². The van der Waals surface area contributed by atoms with Gasteiger partial charge in [0.2, 0.25) is 11.8 Å². The molecule has 0 saturated carbocycles. The molecule has 4 nitrogen and oxygen atoms in total. The Morgan fingerprint density at radius 2 is 2.00 bits per heavy atom. The van der Waals surface area contributed by atoms with Crippen molar-refractivity contribution in [3.63, 3.8) is 0 Å². The molecule has 0 fully saturated rings. The van der Waals surface area contributed by atoms with Gasteiger partial charge in [-0.15, -0.1) is 10.2 Å². The Hall–Kier alpha value is -0.550. The van der Waals surface area contributed by atoms with Gasteiger partial charge < -0.3 is 9.73 Å². The van der Waals surface area contributed by atoms with Gasteiger partial charge in [0.15, 0.2) is 0 Å². The van der Waals surface area contributed by atoms with Crippen LogP contribution in [0.4, 0.5) is 0 Å². The molecule has 0 aromatic carbocycles. The van der Waals surface area contributed by atoms with Crippen molar-refractivity contribution in [1.29, 1.82) is 0 Å². The SMILES string of the molecule is CCC(CC)(CNCc1nnc(C)o1)SC. The van der Waals surface area contributed by atoms with Crippen molar-refractivity contribution >= 4 is 11.8 Å². The molecule has 0 radical (unpaired) electrons. The Balaban J connectivity index is 2.39. The first-order chi connectivity index (χ1) is 7.65. The molecule has 1 aromatic heterocycles. The van der Waals surface area contributed by atoms with Crippen LogP contribution in [0.15, 0.2) is 4.42 Å². The van der Waals surface area contributed by atoms with E-state index in [1.54, 1.807) is 6.92 Å². The van der Waals surface area contributed by atoms with Crippen molar-refractivity contribution in [2.45, 2.75) is 44.9 Å². The second-order valence-corrected chi connectivity index (χ2v) is 5.19. The van der Waals surface area contributed by atoms with Crippen molar-refractivity contribution in [3.8, 4) is 0 Å². The van der Waals surface area contributed by atoms with Crippen LogP contribution in [0.5, 0.6) is 0 Å². The van der Waals surface area contributed by atoms with Crippen molar-refractivity contribution in [2.24, 2.45) is 0 Å². The Bertz CT molecular complexity index is 302. The van der Waals surface area contributed by atoms with Crippen molar-refractivity contribution in [3.05, 3.63) is 11.8 Å². The third kappa shape index (κ3) is 3.49. The zero-order valence-electron chi connectivity index (χ0n) is 10.5. The predicted molar refractivity (Wildman–Crippen MR) is 67.6 cm³/mol. The van der Waals surface area contributed by atoms with Crippen LogP contribution in [0.1, 0.15) is 38.5 Å². The molecule has 0 atom stereocenters. The zero-order valence-corrected chi connectivity index (χ0v) is 11.4. The highest BCUT2D eigenvalue weighted by Crippen LogP contribution is 2.29. The normalized spacial score (nSPS) is 12.0. The second kappa shape index (κ2) is 6.25. The highest BCUT2D eigenvalue weighted by molar-refractivity contribution is 8.00. The third-order valence-corrected chi connectivity index (χ3v) is 4.60. The lowest BCUT2D eigenvalue weighted by atomic mass is 10.0. The van der Waals surface area contributed by atoms with Crippen molar-refractivity contribution < 1.29 is 4.42 Å². The molecular formula is C11H21N3OS. The van der Waals surface area contributed by atoms with Crippen LogP contribution in [0.25, 0.3) is 0 Å². The molecule has 1 N–H and O–H groups in total. The molecule has 0 spiro atoms. The summed E-state index contributed by atoms with van der Waals surface area (Å²) < 4.78 is 5.64. The average molecular weight is 243 g/mol. The van der Waals surface area contributed by atoms with Crippen LogP contribution < -0.4 is 5.32 Å². The molecule has 16 heavy (non-hydrogen) atoms. The van der Waals surface area contributed by atoms with Gasteiger partial charge in [-0.1, -0.05) is 13.8 Å². The standard InChI is InChI=1S/C11H21N3OS/c1-5-11(6-2,16-4)8-12-7-10-14-13-9(3)15-10/h12H,5-8H2,1-4H3.